The highest BCUT2D eigenvalue weighted by atomic mass is 16.5. The average molecular weight is 597 g/mol. The van der Waals surface area contributed by atoms with Gasteiger partial charge in [0.25, 0.3) is 0 Å². The van der Waals surface area contributed by atoms with E-state index < -0.39 is 18.0 Å². The lowest BCUT2D eigenvalue weighted by atomic mass is 9.71. The molecule has 7 atom stereocenters. The first-order chi connectivity index (χ1) is 20.8. The lowest BCUT2D eigenvalue weighted by molar-refractivity contribution is -0.159. The smallest absolute Gasteiger partial charge is 0.246 e. The van der Waals surface area contributed by atoms with Crippen LogP contribution in [0.25, 0.3) is 0 Å². The molecule has 1 saturated carbocycles. The molecular weight excluding hydrogens is 548 g/mol. The number of fused-ring (bicyclic) bond motifs is 2. The van der Waals surface area contributed by atoms with Gasteiger partial charge in [0.05, 0.1) is 38.2 Å². The van der Waals surface area contributed by atoms with Gasteiger partial charge in [-0.05, 0) is 63.9 Å². The number of carbonyl (C=O) groups excluding carboxylic acids is 2. The zero-order chi connectivity index (χ0) is 30.3. The van der Waals surface area contributed by atoms with Crippen molar-refractivity contribution in [2.24, 2.45) is 5.92 Å². The van der Waals surface area contributed by atoms with E-state index >= 15 is 0 Å². The normalized spacial score (nSPS) is 34.9. The molecule has 1 spiro atoms. The first-order valence-electron chi connectivity index (χ1n) is 15.9. The Kier molecular flexibility index (Phi) is 8.72. The van der Waals surface area contributed by atoms with Gasteiger partial charge in [0.2, 0.25) is 5.91 Å². The molecule has 0 aromatic heterocycles. The fourth-order valence-electron chi connectivity index (χ4n) is 7.93. The number of methoxy groups -OCH3 is 1. The Morgan fingerprint density at radius 3 is 2.74 bits per heavy atom. The summed E-state index contributed by atoms with van der Waals surface area (Å²) in [5.41, 5.74) is -0.0144. The van der Waals surface area contributed by atoms with E-state index in [2.05, 4.69) is 45.9 Å². The standard InChI is InChI=1S/C32H48N6O5/c1-6-21-18-37(15-16-38(21)27(39)7-2)30-24-12-13-32(20-36(4)25-17-23(41-5)10-11-26(25)43-32)29(40)28(24)33-31(34-30)42-19-22-9-8-14-35(22)3/h7,10-11,17,21-22,24,28,30-31,33-34H,2,6,8-9,12-16,18-20H2,1,3-5H3/t21?,22?,24?,28?,30?,31?,32-/m1/s1. The van der Waals surface area contributed by atoms with Gasteiger partial charge in [-0.1, -0.05) is 13.5 Å². The summed E-state index contributed by atoms with van der Waals surface area (Å²) >= 11 is 0. The maximum absolute atomic E-state index is 14.6. The van der Waals surface area contributed by atoms with Crippen LogP contribution in [0, 0.1) is 5.92 Å². The third kappa shape index (κ3) is 5.66. The zero-order valence-electron chi connectivity index (χ0n) is 26.1. The van der Waals surface area contributed by atoms with Crippen LogP contribution in [0.5, 0.6) is 11.5 Å². The molecule has 4 heterocycles. The number of ketones is 1. The number of hydrogen-bond donors (Lipinski definition) is 2. The minimum Gasteiger partial charge on any atom is -0.497 e. The Hall–Kier alpha value is -2.70. The van der Waals surface area contributed by atoms with Crippen LogP contribution in [0.2, 0.25) is 0 Å². The van der Waals surface area contributed by atoms with Crippen molar-refractivity contribution >= 4 is 17.4 Å². The number of likely N-dealkylation sites (tertiary alicyclic amines) is 1. The number of rotatable bonds is 7. The van der Waals surface area contributed by atoms with Crippen LogP contribution >= 0.6 is 0 Å². The van der Waals surface area contributed by atoms with E-state index in [-0.39, 0.29) is 29.8 Å². The summed E-state index contributed by atoms with van der Waals surface area (Å²) in [6, 6.07) is 5.79. The predicted octanol–water partition coefficient (Wildman–Crippen LogP) is 1.63. The van der Waals surface area contributed by atoms with Gasteiger partial charge in [-0.25, -0.2) is 0 Å². The van der Waals surface area contributed by atoms with Crippen molar-refractivity contribution in [2.75, 3.05) is 65.4 Å². The topological polar surface area (TPSA) is 98.9 Å². The lowest BCUT2D eigenvalue weighted by Gasteiger charge is -2.55. The van der Waals surface area contributed by atoms with Crippen LogP contribution < -0.4 is 25.0 Å². The highest BCUT2D eigenvalue weighted by Crippen LogP contribution is 2.45. The number of benzene rings is 1. The molecule has 1 aromatic carbocycles. The molecule has 1 amide bonds. The Labute approximate surface area is 255 Å². The van der Waals surface area contributed by atoms with E-state index in [4.69, 9.17) is 14.2 Å². The number of likely N-dealkylation sites (N-methyl/N-ethyl adjacent to an activating group) is 2. The minimum atomic E-state index is -0.941. The summed E-state index contributed by atoms with van der Waals surface area (Å²) < 4.78 is 18.5. The first kappa shape index (κ1) is 30.3. The van der Waals surface area contributed by atoms with Crippen LogP contribution in [-0.4, -0.2) is 123 Å². The van der Waals surface area contributed by atoms with Crippen molar-refractivity contribution < 1.29 is 23.8 Å². The number of hydrogen-bond acceptors (Lipinski definition) is 10. The molecule has 236 valence electrons. The fraction of sp³-hybridized carbons (Fsp3) is 0.688. The van der Waals surface area contributed by atoms with Crippen molar-refractivity contribution in [3.63, 3.8) is 0 Å². The molecule has 0 radical (unpaired) electrons. The number of ether oxygens (including phenoxy) is 3. The molecule has 4 fully saturated rings. The van der Waals surface area contributed by atoms with Gasteiger partial charge < -0.3 is 28.9 Å². The lowest BCUT2D eigenvalue weighted by Crippen LogP contribution is -2.76. The first-order valence-corrected chi connectivity index (χ1v) is 15.9. The number of Topliss-reactive ketones (excluding diaryl/α,β-unsaturated/α-hetero) is 1. The van der Waals surface area contributed by atoms with E-state index in [0.29, 0.717) is 37.9 Å². The fourth-order valence-corrected chi connectivity index (χ4v) is 7.93. The maximum Gasteiger partial charge on any atom is 0.246 e. The van der Waals surface area contributed by atoms with Gasteiger partial charge in [-0.2, -0.15) is 0 Å². The van der Waals surface area contributed by atoms with Crippen LogP contribution in [0.1, 0.15) is 39.0 Å². The van der Waals surface area contributed by atoms with Gasteiger partial charge in [0.1, 0.15) is 11.5 Å². The minimum absolute atomic E-state index is 0.0178. The summed E-state index contributed by atoms with van der Waals surface area (Å²) in [7, 11) is 5.81. The summed E-state index contributed by atoms with van der Waals surface area (Å²) in [4.78, 5) is 36.0. The molecule has 11 heteroatoms. The van der Waals surface area contributed by atoms with E-state index in [1.54, 1.807) is 7.11 Å². The number of piperazine rings is 1. The van der Waals surface area contributed by atoms with Crippen molar-refractivity contribution in [2.45, 2.75) is 75.3 Å². The van der Waals surface area contributed by atoms with Gasteiger partial charge in [-0.3, -0.25) is 25.1 Å². The molecule has 11 nitrogen and oxygen atoms in total. The van der Waals surface area contributed by atoms with Crippen LogP contribution in [0.4, 0.5) is 5.69 Å². The number of carbonyl (C=O) groups is 2. The molecule has 43 heavy (non-hydrogen) atoms. The molecule has 4 aliphatic heterocycles. The average Bonchev–Trinajstić information content (AvgIpc) is 3.45. The van der Waals surface area contributed by atoms with Gasteiger partial charge in [0.15, 0.2) is 17.7 Å². The highest BCUT2D eigenvalue weighted by molar-refractivity contribution is 5.95. The second-order valence-corrected chi connectivity index (χ2v) is 12.9. The number of anilines is 1. The second kappa shape index (κ2) is 12.4. The second-order valence-electron chi connectivity index (χ2n) is 12.9. The number of amides is 1. The van der Waals surface area contributed by atoms with Gasteiger partial charge in [0, 0.05) is 50.7 Å². The van der Waals surface area contributed by atoms with Crippen molar-refractivity contribution in [3.05, 3.63) is 30.9 Å². The van der Waals surface area contributed by atoms with E-state index in [1.807, 2.05) is 30.1 Å². The molecule has 6 unspecified atom stereocenters. The Bertz CT molecular complexity index is 1210. The van der Waals surface area contributed by atoms with Gasteiger partial charge >= 0.3 is 0 Å². The largest absolute Gasteiger partial charge is 0.497 e. The molecule has 5 aliphatic rings. The van der Waals surface area contributed by atoms with Crippen LogP contribution in [-0.2, 0) is 14.3 Å². The van der Waals surface area contributed by atoms with E-state index in [0.717, 1.165) is 50.3 Å². The van der Waals surface area contributed by atoms with Crippen LogP contribution in [0.15, 0.2) is 30.9 Å². The third-order valence-electron chi connectivity index (χ3n) is 10.4. The SMILES string of the molecule is C=CC(=O)N1CCN(C2NC(OCC3CCCN3C)NC3C(=O)[C@@]4(CCC32)CN(C)c2cc(OC)ccc2O4)CC1CC. The summed E-state index contributed by atoms with van der Waals surface area (Å²) in [5.74, 6) is 1.57. The Balaban J connectivity index is 1.25. The van der Waals surface area contributed by atoms with Crippen LogP contribution in [0.3, 0.4) is 0 Å². The molecule has 1 aromatic rings. The summed E-state index contributed by atoms with van der Waals surface area (Å²) in [5, 5.41) is 7.32. The summed E-state index contributed by atoms with van der Waals surface area (Å²) in [6.07, 6.45) is 5.48. The molecule has 2 N–H and O–H groups in total. The molecule has 6 rings (SSSR count). The third-order valence-corrected chi connectivity index (χ3v) is 10.4. The Morgan fingerprint density at radius 2 is 2.02 bits per heavy atom. The molecule has 0 bridgehead atoms. The van der Waals surface area contributed by atoms with E-state index in [1.165, 1.54) is 12.5 Å². The highest BCUT2D eigenvalue weighted by Gasteiger charge is 2.57. The quantitative estimate of drug-likeness (QED) is 0.452. The monoisotopic (exact) mass is 596 g/mol. The van der Waals surface area contributed by atoms with Crippen molar-refractivity contribution in [1.29, 1.82) is 0 Å². The van der Waals surface area contributed by atoms with E-state index in [9.17, 15) is 9.59 Å². The molecular formula is C32H48N6O5. The van der Waals surface area contributed by atoms with Crippen molar-refractivity contribution in [3.8, 4) is 11.5 Å². The maximum atomic E-state index is 14.6. The zero-order valence-corrected chi connectivity index (χ0v) is 26.1. The number of nitrogens with zero attached hydrogens (tertiary/aromatic N) is 4. The predicted molar refractivity (Wildman–Crippen MR) is 164 cm³/mol. The number of nitrogens with one attached hydrogen (secondary N) is 2. The van der Waals surface area contributed by atoms with Gasteiger partial charge in [-0.15, -0.1) is 0 Å². The Morgan fingerprint density at radius 1 is 1.19 bits per heavy atom. The molecule has 1 aliphatic carbocycles. The summed E-state index contributed by atoms with van der Waals surface area (Å²) in [6.45, 7) is 10.1. The molecule has 3 saturated heterocycles. The van der Waals surface area contributed by atoms with Crippen molar-refractivity contribution in [1.82, 2.24) is 25.3 Å².